The van der Waals surface area contributed by atoms with Crippen LogP contribution in [0.1, 0.15) is 37.0 Å². The number of fused-ring (bicyclic) bond motifs is 3. The molecule has 7 heteroatoms. The molecule has 0 fully saturated rings. The van der Waals surface area contributed by atoms with Crippen molar-refractivity contribution in [2.45, 2.75) is 39.3 Å². The molecule has 0 spiro atoms. The maximum Gasteiger partial charge on any atom is 0.162 e. The molecule has 0 aromatic carbocycles. The van der Waals surface area contributed by atoms with Crippen molar-refractivity contribution in [2.24, 2.45) is 0 Å². The van der Waals surface area contributed by atoms with E-state index in [9.17, 15) is 5.26 Å². The highest BCUT2D eigenvalue weighted by atomic mass is 16.3. The average Bonchev–Trinajstić information content (AvgIpc) is 3.04. The Kier molecular flexibility index (Phi) is 4.46. The van der Waals surface area contributed by atoms with Gasteiger partial charge in [-0.2, -0.15) is 14.9 Å². The summed E-state index contributed by atoms with van der Waals surface area (Å²) in [4.78, 5) is 6.80. The smallest absolute Gasteiger partial charge is 0.162 e. The Morgan fingerprint density at radius 1 is 1.43 bits per heavy atom. The van der Waals surface area contributed by atoms with Gasteiger partial charge in [0.15, 0.2) is 5.65 Å². The SMILES string of the molecule is CC(C)N1CCc2c(C#N)c(NCCCO)n3ncnc3c2C1. The highest BCUT2D eigenvalue weighted by Crippen LogP contribution is 2.31. The molecule has 1 aliphatic rings. The first-order chi connectivity index (χ1) is 11.2. The van der Waals surface area contributed by atoms with Gasteiger partial charge in [-0.05, 0) is 32.3 Å². The molecular formula is C16H22N6O. The molecule has 0 amide bonds. The summed E-state index contributed by atoms with van der Waals surface area (Å²) in [5.41, 5.74) is 3.65. The molecule has 0 radical (unpaired) electrons. The largest absolute Gasteiger partial charge is 0.396 e. The van der Waals surface area contributed by atoms with Crippen LogP contribution < -0.4 is 5.32 Å². The first kappa shape index (κ1) is 15.7. The third kappa shape index (κ3) is 2.76. The van der Waals surface area contributed by atoms with E-state index in [1.807, 2.05) is 0 Å². The van der Waals surface area contributed by atoms with Gasteiger partial charge in [0, 0.05) is 37.8 Å². The maximum absolute atomic E-state index is 9.69. The molecule has 0 aliphatic carbocycles. The van der Waals surface area contributed by atoms with Crippen LogP contribution in [0.5, 0.6) is 0 Å². The van der Waals surface area contributed by atoms with Gasteiger partial charge in [-0.25, -0.2) is 4.98 Å². The van der Waals surface area contributed by atoms with Crippen LogP contribution in [-0.4, -0.2) is 50.3 Å². The highest BCUT2D eigenvalue weighted by Gasteiger charge is 2.27. The van der Waals surface area contributed by atoms with Crippen LogP contribution in [0, 0.1) is 11.3 Å². The Morgan fingerprint density at radius 3 is 2.96 bits per heavy atom. The van der Waals surface area contributed by atoms with Gasteiger partial charge < -0.3 is 10.4 Å². The molecule has 0 saturated carbocycles. The Balaban J connectivity index is 2.11. The van der Waals surface area contributed by atoms with Crippen molar-refractivity contribution in [1.82, 2.24) is 19.5 Å². The number of rotatable bonds is 5. The highest BCUT2D eigenvalue weighted by molar-refractivity contribution is 5.68. The molecular weight excluding hydrogens is 292 g/mol. The predicted molar refractivity (Wildman–Crippen MR) is 87.1 cm³/mol. The number of hydrogen-bond acceptors (Lipinski definition) is 6. The molecule has 1 aliphatic heterocycles. The van der Waals surface area contributed by atoms with Gasteiger partial charge >= 0.3 is 0 Å². The lowest BCUT2D eigenvalue weighted by Crippen LogP contribution is -2.36. The molecule has 0 unspecified atom stereocenters. The summed E-state index contributed by atoms with van der Waals surface area (Å²) < 4.78 is 1.72. The second-order valence-corrected chi connectivity index (χ2v) is 6.11. The second-order valence-electron chi connectivity index (χ2n) is 6.11. The minimum Gasteiger partial charge on any atom is -0.396 e. The molecule has 122 valence electrons. The Bertz CT molecular complexity index is 745. The van der Waals surface area contributed by atoms with Crippen LogP contribution in [0.2, 0.25) is 0 Å². The number of hydrogen-bond donors (Lipinski definition) is 2. The van der Waals surface area contributed by atoms with E-state index in [4.69, 9.17) is 5.11 Å². The Morgan fingerprint density at radius 2 is 2.26 bits per heavy atom. The van der Waals surface area contributed by atoms with Gasteiger partial charge in [0.1, 0.15) is 18.2 Å². The zero-order chi connectivity index (χ0) is 16.4. The van der Waals surface area contributed by atoms with E-state index in [2.05, 4.69) is 40.2 Å². The third-order valence-electron chi connectivity index (χ3n) is 4.41. The number of aliphatic hydroxyl groups excluding tert-OH is 1. The van der Waals surface area contributed by atoms with E-state index in [1.54, 1.807) is 4.52 Å². The minimum atomic E-state index is 0.115. The molecule has 7 nitrogen and oxygen atoms in total. The van der Waals surface area contributed by atoms with Gasteiger partial charge in [0.2, 0.25) is 0 Å². The molecule has 0 atom stereocenters. The summed E-state index contributed by atoms with van der Waals surface area (Å²) in [6.07, 6.45) is 3.00. The van der Waals surface area contributed by atoms with Gasteiger partial charge in [-0.1, -0.05) is 0 Å². The van der Waals surface area contributed by atoms with Crippen LogP contribution >= 0.6 is 0 Å². The fraction of sp³-hybridized carbons (Fsp3) is 0.562. The van der Waals surface area contributed by atoms with Crippen molar-refractivity contribution in [1.29, 1.82) is 5.26 Å². The lowest BCUT2D eigenvalue weighted by atomic mass is 9.95. The molecule has 23 heavy (non-hydrogen) atoms. The zero-order valence-electron chi connectivity index (χ0n) is 13.6. The standard InChI is InChI=1S/C16H22N6O/c1-11(2)21-6-4-12-13(8-17)15(18-5-3-7-23)22-16(14(12)9-21)19-10-20-22/h10-11,18,23H,3-7,9H2,1-2H3. The molecule has 3 heterocycles. The van der Waals surface area contributed by atoms with E-state index in [-0.39, 0.29) is 6.61 Å². The van der Waals surface area contributed by atoms with Gasteiger partial charge in [0.05, 0.1) is 5.56 Å². The fourth-order valence-corrected chi connectivity index (χ4v) is 3.14. The van der Waals surface area contributed by atoms with E-state index < -0.39 is 0 Å². The fourth-order valence-electron chi connectivity index (χ4n) is 3.14. The van der Waals surface area contributed by atoms with Crippen molar-refractivity contribution in [2.75, 3.05) is 25.0 Å². The third-order valence-corrected chi connectivity index (χ3v) is 4.41. The zero-order valence-corrected chi connectivity index (χ0v) is 13.6. The van der Waals surface area contributed by atoms with Crippen molar-refractivity contribution < 1.29 is 5.11 Å². The number of anilines is 1. The summed E-state index contributed by atoms with van der Waals surface area (Å²) in [6.45, 7) is 6.81. The second kappa shape index (κ2) is 6.52. The number of nitriles is 1. The van der Waals surface area contributed by atoms with E-state index >= 15 is 0 Å². The number of aliphatic hydroxyl groups is 1. The topological polar surface area (TPSA) is 89.5 Å². The molecule has 3 rings (SSSR count). The monoisotopic (exact) mass is 314 g/mol. The van der Waals surface area contributed by atoms with Crippen LogP contribution in [0.15, 0.2) is 6.33 Å². The summed E-state index contributed by atoms with van der Waals surface area (Å²) in [7, 11) is 0. The quantitative estimate of drug-likeness (QED) is 0.805. The van der Waals surface area contributed by atoms with E-state index in [0.29, 0.717) is 30.4 Å². The molecule has 2 aromatic heterocycles. The molecule has 2 N–H and O–H groups in total. The number of nitrogens with zero attached hydrogens (tertiary/aromatic N) is 5. The van der Waals surface area contributed by atoms with Gasteiger partial charge in [0.25, 0.3) is 0 Å². The van der Waals surface area contributed by atoms with E-state index in [1.165, 1.54) is 6.33 Å². The normalized spacial score (nSPS) is 14.9. The predicted octanol–water partition coefficient (Wildman–Crippen LogP) is 1.16. The lowest BCUT2D eigenvalue weighted by Gasteiger charge is -2.32. The molecule has 2 aromatic rings. The number of nitrogens with one attached hydrogen (secondary N) is 1. The van der Waals surface area contributed by atoms with Gasteiger partial charge in [-0.3, -0.25) is 4.90 Å². The van der Waals surface area contributed by atoms with Crippen molar-refractivity contribution in [3.8, 4) is 6.07 Å². The van der Waals surface area contributed by atoms with Crippen molar-refractivity contribution in [3.63, 3.8) is 0 Å². The molecule has 0 bridgehead atoms. The van der Waals surface area contributed by atoms with Crippen LogP contribution in [-0.2, 0) is 13.0 Å². The summed E-state index contributed by atoms with van der Waals surface area (Å²) in [5.74, 6) is 0.685. The summed E-state index contributed by atoms with van der Waals surface area (Å²) >= 11 is 0. The Labute approximate surface area is 135 Å². The number of pyridine rings is 1. The van der Waals surface area contributed by atoms with Crippen LogP contribution in [0.4, 0.5) is 5.82 Å². The van der Waals surface area contributed by atoms with Crippen LogP contribution in [0.3, 0.4) is 0 Å². The average molecular weight is 314 g/mol. The maximum atomic E-state index is 9.69. The Hall–Kier alpha value is -2.17. The number of aromatic nitrogens is 3. The van der Waals surface area contributed by atoms with Crippen molar-refractivity contribution >= 4 is 11.5 Å². The summed E-state index contributed by atoms with van der Waals surface area (Å²) in [6, 6.07) is 2.80. The van der Waals surface area contributed by atoms with Crippen molar-refractivity contribution in [3.05, 3.63) is 23.0 Å². The first-order valence-electron chi connectivity index (χ1n) is 8.03. The first-order valence-corrected chi connectivity index (χ1v) is 8.03. The van der Waals surface area contributed by atoms with Gasteiger partial charge in [-0.15, -0.1) is 0 Å². The van der Waals surface area contributed by atoms with E-state index in [0.717, 1.165) is 36.3 Å². The minimum absolute atomic E-state index is 0.115. The lowest BCUT2D eigenvalue weighted by molar-refractivity contribution is 0.204. The van der Waals surface area contributed by atoms with Crippen LogP contribution in [0.25, 0.3) is 5.65 Å². The molecule has 0 saturated heterocycles. The summed E-state index contributed by atoms with van der Waals surface area (Å²) in [5, 5.41) is 26.2.